The molecule has 30 heavy (non-hydrogen) atoms. The highest BCUT2D eigenvalue weighted by Crippen LogP contribution is 2.31. The van der Waals surface area contributed by atoms with Crippen molar-refractivity contribution in [3.63, 3.8) is 0 Å². The predicted octanol–water partition coefficient (Wildman–Crippen LogP) is 3.69. The van der Waals surface area contributed by atoms with Crippen molar-refractivity contribution in [1.29, 1.82) is 0 Å². The van der Waals surface area contributed by atoms with Crippen molar-refractivity contribution in [3.05, 3.63) is 70.0 Å². The molecule has 0 radical (unpaired) electrons. The van der Waals surface area contributed by atoms with Gasteiger partial charge >= 0.3 is 5.95 Å². The molecule has 4 N–H and O–H groups in total. The molecule has 7 nitrogen and oxygen atoms in total. The van der Waals surface area contributed by atoms with E-state index in [4.69, 9.17) is 28.9 Å². The van der Waals surface area contributed by atoms with Gasteiger partial charge in [-0.15, -0.1) is 0 Å². The molecule has 0 aliphatic carbocycles. The Balaban J connectivity index is 1.51. The highest BCUT2D eigenvalue weighted by molar-refractivity contribution is 6.35. The molecule has 1 aliphatic heterocycles. The van der Waals surface area contributed by atoms with Crippen LogP contribution in [0.4, 0.5) is 17.5 Å². The Morgan fingerprint density at radius 2 is 2.00 bits per heavy atom. The van der Waals surface area contributed by atoms with E-state index < -0.39 is 0 Å². The van der Waals surface area contributed by atoms with Crippen LogP contribution in [0.1, 0.15) is 11.1 Å². The molecular weight excluding hydrogens is 421 g/mol. The summed E-state index contributed by atoms with van der Waals surface area (Å²) in [5.74, 6) is 1.23. The maximum atomic E-state index is 6.45. The van der Waals surface area contributed by atoms with Gasteiger partial charge in [0.25, 0.3) is 0 Å². The second kappa shape index (κ2) is 7.66. The van der Waals surface area contributed by atoms with Gasteiger partial charge in [0, 0.05) is 34.4 Å². The average molecular weight is 441 g/mol. The summed E-state index contributed by atoms with van der Waals surface area (Å²) in [5, 5.41) is 1.32. The fourth-order valence-corrected chi connectivity index (χ4v) is 4.39. The Morgan fingerprint density at radius 3 is 2.87 bits per heavy atom. The Morgan fingerprint density at radius 1 is 1.13 bits per heavy atom. The van der Waals surface area contributed by atoms with Crippen LogP contribution in [0.25, 0.3) is 11.2 Å². The van der Waals surface area contributed by atoms with E-state index in [1.54, 1.807) is 12.4 Å². The molecule has 2 aromatic carbocycles. The first-order valence-corrected chi connectivity index (χ1v) is 10.4. The maximum absolute atomic E-state index is 6.45. The van der Waals surface area contributed by atoms with Gasteiger partial charge in [-0.05, 0) is 23.8 Å². The van der Waals surface area contributed by atoms with Crippen LogP contribution in [0.15, 0.2) is 48.8 Å². The monoisotopic (exact) mass is 440 g/mol. The largest absolute Gasteiger partial charge is 0.364 e. The first-order valence-electron chi connectivity index (χ1n) is 9.62. The second-order valence-corrected chi connectivity index (χ2v) is 8.12. The molecule has 0 bridgehead atoms. The number of imidazole rings is 1. The molecule has 5 rings (SSSR count). The number of benzene rings is 2. The Hall–Kier alpha value is -3.03. The van der Waals surface area contributed by atoms with Gasteiger partial charge in [-0.2, -0.15) is 0 Å². The number of halogens is 2. The standard InChI is InChI=1S/C21H19Cl2N7/c22-15-6-5-13(16(23)9-15)10-29-7-8-30(11-14-3-1-2-4-17(14)29)20-18-19(26-12-25-18)27-21(24)28-20/h1-6,9,12H,7-8,10-11H2,(H3,24,25,26,27,28)/p+1. The molecule has 4 aromatic rings. The minimum absolute atomic E-state index is 0.340. The molecule has 1 aliphatic rings. The molecule has 0 atom stereocenters. The third-order valence-electron chi connectivity index (χ3n) is 5.35. The summed E-state index contributed by atoms with van der Waals surface area (Å²) in [6, 6.07) is 14.1. The Bertz CT molecular complexity index is 1220. The third kappa shape index (κ3) is 3.51. The van der Waals surface area contributed by atoms with Crippen LogP contribution < -0.4 is 20.5 Å². The molecule has 152 valence electrons. The summed E-state index contributed by atoms with van der Waals surface area (Å²) in [4.78, 5) is 19.5. The van der Waals surface area contributed by atoms with E-state index in [1.807, 2.05) is 12.1 Å². The number of H-pyrrole nitrogens is 2. The zero-order valence-electron chi connectivity index (χ0n) is 16.1. The van der Waals surface area contributed by atoms with Crippen LogP contribution >= 0.6 is 23.2 Å². The van der Waals surface area contributed by atoms with Gasteiger partial charge < -0.3 is 20.5 Å². The number of aromatic nitrogens is 4. The first kappa shape index (κ1) is 19.0. The van der Waals surface area contributed by atoms with Crippen LogP contribution in [0, 0.1) is 0 Å². The number of fused-ring (bicyclic) bond motifs is 2. The first-order chi connectivity index (χ1) is 14.6. The zero-order chi connectivity index (χ0) is 20.7. The normalized spacial score (nSPS) is 14.1. The highest BCUT2D eigenvalue weighted by Gasteiger charge is 2.26. The quantitative estimate of drug-likeness (QED) is 0.507. The van der Waals surface area contributed by atoms with Crippen molar-refractivity contribution in [2.24, 2.45) is 0 Å². The number of rotatable bonds is 3. The lowest BCUT2D eigenvalue weighted by molar-refractivity contribution is -0.348. The summed E-state index contributed by atoms with van der Waals surface area (Å²) in [6.07, 6.45) is 1.63. The number of nitrogen functional groups attached to an aromatic ring is 1. The van der Waals surface area contributed by atoms with Gasteiger partial charge in [0.1, 0.15) is 0 Å². The second-order valence-electron chi connectivity index (χ2n) is 7.28. The molecule has 0 amide bonds. The number of nitrogens with one attached hydrogen (secondary N) is 2. The number of aromatic amines is 2. The summed E-state index contributed by atoms with van der Waals surface area (Å²) < 4.78 is 0. The summed E-state index contributed by atoms with van der Waals surface area (Å²) >= 11 is 12.5. The summed E-state index contributed by atoms with van der Waals surface area (Å²) in [5.41, 5.74) is 10.9. The molecule has 0 fully saturated rings. The van der Waals surface area contributed by atoms with E-state index in [9.17, 15) is 0 Å². The summed E-state index contributed by atoms with van der Waals surface area (Å²) in [6.45, 7) is 3.02. The molecular formula is C21H20Cl2N7+. The van der Waals surface area contributed by atoms with E-state index in [0.29, 0.717) is 28.2 Å². The van der Waals surface area contributed by atoms with Crippen LogP contribution in [0.2, 0.25) is 10.0 Å². The lowest BCUT2D eigenvalue weighted by atomic mass is 10.1. The Kier molecular flexibility index (Phi) is 4.84. The van der Waals surface area contributed by atoms with Gasteiger partial charge in [-0.3, -0.25) is 0 Å². The predicted molar refractivity (Wildman–Crippen MR) is 120 cm³/mol. The van der Waals surface area contributed by atoms with Gasteiger partial charge in [0.2, 0.25) is 11.5 Å². The van der Waals surface area contributed by atoms with E-state index in [1.165, 1.54) is 11.3 Å². The maximum Gasteiger partial charge on any atom is 0.344 e. The van der Waals surface area contributed by atoms with E-state index >= 15 is 0 Å². The number of hydrogen-bond acceptors (Lipinski definition) is 5. The van der Waals surface area contributed by atoms with Crippen LogP contribution in [0.3, 0.4) is 0 Å². The molecule has 0 unspecified atom stereocenters. The van der Waals surface area contributed by atoms with Crippen molar-refractivity contribution >= 4 is 51.8 Å². The minimum Gasteiger partial charge on any atom is -0.364 e. The van der Waals surface area contributed by atoms with E-state index in [2.05, 4.69) is 54.0 Å². The molecule has 0 saturated carbocycles. The van der Waals surface area contributed by atoms with Crippen LogP contribution in [-0.2, 0) is 13.1 Å². The molecule has 2 aromatic heterocycles. The highest BCUT2D eigenvalue weighted by atomic mass is 35.5. The van der Waals surface area contributed by atoms with Crippen molar-refractivity contribution in [2.75, 3.05) is 28.6 Å². The zero-order valence-corrected chi connectivity index (χ0v) is 17.6. The molecule has 0 saturated heterocycles. The van der Waals surface area contributed by atoms with Gasteiger partial charge in [0.15, 0.2) is 5.52 Å². The number of para-hydroxylation sites is 1. The fraction of sp³-hybridized carbons (Fsp3) is 0.190. The smallest absolute Gasteiger partial charge is 0.344 e. The Labute approximate surface area is 183 Å². The summed E-state index contributed by atoms with van der Waals surface area (Å²) in [7, 11) is 0. The van der Waals surface area contributed by atoms with E-state index in [0.717, 1.165) is 36.5 Å². The SMILES string of the molecule is Nc1nc2nc[nH]c2c(N2CCN(Cc3ccc(Cl)cc3Cl)c3ccccc3C2)[nH+]1. The minimum atomic E-state index is 0.340. The number of nitrogens with two attached hydrogens (primary N) is 1. The lowest BCUT2D eigenvalue weighted by Gasteiger charge is -2.25. The number of hydrogen-bond donors (Lipinski definition) is 2. The van der Waals surface area contributed by atoms with Gasteiger partial charge in [-0.25, -0.2) is 9.97 Å². The van der Waals surface area contributed by atoms with Crippen LogP contribution in [0.5, 0.6) is 0 Å². The molecule has 9 heteroatoms. The number of nitrogens with zero attached hydrogens (tertiary/aromatic N) is 4. The van der Waals surface area contributed by atoms with Crippen LogP contribution in [-0.4, -0.2) is 28.0 Å². The number of anilines is 3. The van der Waals surface area contributed by atoms with Crippen molar-refractivity contribution < 1.29 is 4.98 Å². The third-order valence-corrected chi connectivity index (χ3v) is 5.94. The molecule has 0 spiro atoms. The fourth-order valence-electron chi connectivity index (χ4n) is 3.92. The van der Waals surface area contributed by atoms with Crippen molar-refractivity contribution in [2.45, 2.75) is 13.1 Å². The average Bonchev–Trinajstić information content (AvgIpc) is 3.12. The van der Waals surface area contributed by atoms with Crippen molar-refractivity contribution in [3.8, 4) is 0 Å². The lowest BCUT2D eigenvalue weighted by Crippen LogP contribution is -2.35. The topological polar surface area (TPSA) is 88.2 Å². The van der Waals surface area contributed by atoms with Gasteiger partial charge in [0.05, 0.1) is 19.4 Å². The van der Waals surface area contributed by atoms with Gasteiger partial charge in [-0.1, -0.05) is 52.5 Å². The molecule has 3 heterocycles. The van der Waals surface area contributed by atoms with E-state index in [-0.39, 0.29) is 0 Å². The van der Waals surface area contributed by atoms with Crippen molar-refractivity contribution in [1.82, 2.24) is 15.0 Å².